The topological polar surface area (TPSA) is 90.6 Å². The number of nitrogen functional groups attached to an aromatic ring is 1. The summed E-state index contributed by atoms with van der Waals surface area (Å²) in [7, 11) is 0. The molecule has 3 N–H and O–H groups in total. The first-order chi connectivity index (χ1) is 9.13. The van der Waals surface area contributed by atoms with Crippen molar-refractivity contribution in [3.63, 3.8) is 0 Å². The highest BCUT2D eigenvalue weighted by Gasteiger charge is 2.06. The van der Waals surface area contributed by atoms with Crippen LogP contribution >= 0.6 is 0 Å². The number of benzene rings is 1. The van der Waals surface area contributed by atoms with Crippen LogP contribution in [0.3, 0.4) is 0 Å². The predicted molar refractivity (Wildman–Crippen MR) is 70.6 cm³/mol. The van der Waals surface area contributed by atoms with E-state index in [-0.39, 0.29) is 31.4 Å². The van der Waals surface area contributed by atoms with Crippen LogP contribution < -0.4 is 15.8 Å². The summed E-state index contributed by atoms with van der Waals surface area (Å²) in [4.78, 5) is 22.5. The van der Waals surface area contributed by atoms with Crippen LogP contribution in [0.2, 0.25) is 0 Å². The average Bonchev–Trinajstić information content (AvgIpc) is 2.38. The van der Waals surface area contributed by atoms with Gasteiger partial charge in [0.2, 0.25) is 0 Å². The van der Waals surface area contributed by atoms with Gasteiger partial charge in [0.05, 0.1) is 18.7 Å². The molecule has 1 amide bonds. The number of nitrogens with one attached hydrogen (secondary N) is 1. The summed E-state index contributed by atoms with van der Waals surface area (Å²) < 4.78 is 9.98. The molecule has 0 atom stereocenters. The van der Waals surface area contributed by atoms with Crippen molar-refractivity contribution < 1.29 is 19.1 Å². The van der Waals surface area contributed by atoms with Gasteiger partial charge in [-0.05, 0) is 19.1 Å². The molecule has 0 fully saturated rings. The Morgan fingerprint density at radius 3 is 2.74 bits per heavy atom. The number of ether oxygens (including phenoxy) is 2. The van der Waals surface area contributed by atoms with Gasteiger partial charge in [-0.25, -0.2) is 0 Å². The predicted octanol–water partition coefficient (Wildman–Crippen LogP) is 0.717. The molecular formula is C13H18N2O4. The van der Waals surface area contributed by atoms with Gasteiger partial charge in [-0.2, -0.15) is 0 Å². The van der Waals surface area contributed by atoms with Crippen molar-refractivity contribution in [1.29, 1.82) is 0 Å². The molecule has 0 saturated carbocycles. The molecule has 0 aliphatic heterocycles. The third-order valence-electron chi connectivity index (χ3n) is 2.23. The molecule has 0 aliphatic rings. The van der Waals surface area contributed by atoms with Crippen LogP contribution in [0, 0.1) is 0 Å². The first-order valence-electron chi connectivity index (χ1n) is 6.03. The summed E-state index contributed by atoms with van der Waals surface area (Å²) in [6.45, 7) is 2.15. The van der Waals surface area contributed by atoms with Crippen molar-refractivity contribution in [1.82, 2.24) is 5.32 Å². The Labute approximate surface area is 111 Å². The number of hydrogen-bond donors (Lipinski definition) is 2. The second-order valence-corrected chi connectivity index (χ2v) is 3.73. The summed E-state index contributed by atoms with van der Waals surface area (Å²) in [5.74, 6) is -0.188. The minimum atomic E-state index is -0.337. The van der Waals surface area contributed by atoms with E-state index < -0.39 is 0 Å². The van der Waals surface area contributed by atoms with Crippen molar-refractivity contribution in [2.75, 3.05) is 25.5 Å². The largest absolute Gasteiger partial charge is 0.482 e. The molecule has 0 heterocycles. The van der Waals surface area contributed by atoms with E-state index in [1.165, 1.54) is 0 Å². The fraction of sp³-hybridized carbons (Fsp3) is 0.385. The molecule has 0 aromatic heterocycles. The number of amides is 1. The molecule has 1 aromatic rings. The van der Waals surface area contributed by atoms with E-state index >= 15 is 0 Å². The molecule has 0 aliphatic carbocycles. The van der Waals surface area contributed by atoms with E-state index in [4.69, 9.17) is 15.2 Å². The Balaban J connectivity index is 2.22. The summed E-state index contributed by atoms with van der Waals surface area (Å²) in [6, 6.07) is 6.92. The SMILES string of the molecule is CCOC(=O)CCNC(=O)COc1ccccc1N. The lowest BCUT2D eigenvalue weighted by Crippen LogP contribution is -2.31. The molecular weight excluding hydrogens is 248 g/mol. The number of carbonyl (C=O) groups excluding carboxylic acids is 2. The Kier molecular flexibility index (Phi) is 6.21. The van der Waals surface area contributed by atoms with Crippen LogP contribution in [-0.2, 0) is 14.3 Å². The molecule has 0 radical (unpaired) electrons. The lowest BCUT2D eigenvalue weighted by Gasteiger charge is -2.08. The molecule has 0 unspecified atom stereocenters. The van der Waals surface area contributed by atoms with Crippen molar-refractivity contribution in [3.05, 3.63) is 24.3 Å². The van der Waals surface area contributed by atoms with Crippen molar-refractivity contribution in [2.24, 2.45) is 0 Å². The number of esters is 1. The first kappa shape index (κ1) is 14.8. The number of hydrogen-bond acceptors (Lipinski definition) is 5. The normalized spacial score (nSPS) is 9.74. The van der Waals surface area contributed by atoms with Crippen molar-refractivity contribution >= 4 is 17.6 Å². The number of anilines is 1. The molecule has 0 saturated heterocycles. The van der Waals surface area contributed by atoms with Gasteiger partial charge in [0.1, 0.15) is 5.75 Å². The zero-order valence-electron chi connectivity index (χ0n) is 10.8. The van der Waals surface area contributed by atoms with E-state index in [2.05, 4.69) is 5.32 Å². The maximum absolute atomic E-state index is 11.4. The number of carbonyl (C=O) groups is 2. The summed E-state index contributed by atoms with van der Waals surface area (Å²) in [6.07, 6.45) is 0.146. The maximum Gasteiger partial charge on any atom is 0.307 e. The zero-order valence-corrected chi connectivity index (χ0v) is 10.8. The summed E-state index contributed by atoms with van der Waals surface area (Å²) in [5.41, 5.74) is 6.14. The zero-order chi connectivity index (χ0) is 14.1. The van der Waals surface area contributed by atoms with E-state index in [1.54, 1.807) is 31.2 Å². The van der Waals surface area contributed by atoms with Crippen LogP contribution in [0.4, 0.5) is 5.69 Å². The van der Waals surface area contributed by atoms with Gasteiger partial charge in [-0.3, -0.25) is 9.59 Å². The standard InChI is InChI=1S/C13H18N2O4/c1-2-18-13(17)7-8-15-12(16)9-19-11-6-4-3-5-10(11)14/h3-6H,2,7-9,14H2,1H3,(H,15,16). The van der Waals surface area contributed by atoms with E-state index in [9.17, 15) is 9.59 Å². The molecule has 6 nitrogen and oxygen atoms in total. The highest BCUT2D eigenvalue weighted by Crippen LogP contribution is 2.19. The second kappa shape index (κ2) is 7.97. The Hall–Kier alpha value is -2.24. The monoisotopic (exact) mass is 266 g/mol. The number of para-hydroxylation sites is 2. The van der Waals surface area contributed by atoms with Crippen LogP contribution in [0.15, 0.2) is 24.3 Å². The van der Waals surface area contributed by atoms with Crippen molar-refractivity contribution in [2.45, 2.75) is 13.3 Å². The fourth-order valence-corrected chi connectivity index (χ4v) is 1.34. The highest BCUT2D eigenvalue weighted by atomic mass is 16.5. The Morgan fingerprint density at radius 1 is 1.32 bits per heavy atom. The van der Waals surface area contributed by atoms with Gasteiger partial charge >= 0.3 is 5.97 Å². The second-order valence-electron chi connectivity index (χ2n) is 3.73. The Bertz CT molecular complexity index is 434. The molecule has 0 bridgehead atoms. The lowest BCUT2D eigenvalue weighted by atomic mass is 10.3. The minimum Gasteiger partial charge on any atom is -0.482 e. The van der Waals surface area contributed by atoms with Gasteiger partial charge in [-0.1, -0.05) is 12.1 Å². The third kappa shape index (κ3) is 5.76. The van der Waals surface area contributed by atoms with Crippen LogP contribution in [0.5, 0.6) is 5.75 Å². The molecule has 1 aromatic carbocycles. The molecule has 19 heavy (non-hydrogen) atoms. The van der Waals surface area contributed by atoms with Crippen LogP contribution in [-0.4, -0.2) is 31.6 Å². The fourth-order valence-electron chi connectivity index (χ4n) is 1.34. The van der Waals surface area contributed by atoms with Gasteiger partial charge in [0.25, 0.3) is 5.91 Å². The summed E-state index contributed by atoms with van der Waals surface area (Å²) >= 11 is 0. The van der Waals surface area contributed by atoms with Crippen LogP contribution in [0.1, 0.15) is 13.3 Å². The summed E-state index contributed by atoms with van der Waals surface area (Å²) in [5, 5.41) is 2.56. The molecule has 6 heteroatoms. The van der Waals surface area contributed by atoms with E-state index in [0.29, 0.717) is 18.0 Å². The van der Waals surface area contributed by atoms with Gasteiger partial charge in [-0.15, -0.1) is 0 Å². The van der Waals surface area contributed by atoms with Gasteiger partial charge in [0.15, 0.2) is 6.61 Å². The average molecular weight is 266 g/mol. The van der Waals surface area contributed by atoms with Gasteiger partial charge in [0, 0.05) is 6.54 Å². The highest BCUT2D eigenvalue weighted by molar-refractivity contribution is 5.78. The van der Waals surface area contributed by atoms with Crippen LogP contribution in [0.25, 0.3) is 0 Å². The molecule has 0 spiro atoms. The lowest BCUT2D eigenvalue weighted by molar-refractivity contribution is -0.143. The quantitative estimate of drug-likeness (QED) is 0.560. The minimum absolute atomic E-state index is 0.142. The van der Waals surface area contributed by atoms with Gasteiger partial charge < -0.3 is 20.5 Å². The smallest absolute Gasteiger partial charge is 0.307 e. The Morgan fingerprint density at radius 2 is 2.05 bits per heavy atom. The molecule has 1 rings (SSSR count). The van der Waals surface area contributed by atoms with E-state index in [0.717, 1.165) is 0 Å². The first-order valence-corrected chi connectivity index (χ1v) is 6.03. The third-order valence-corrected chi connectivity index (χ3v) is 2.23. The van der Waals surface area contributed by atoms with Crippen molar-refractivity contribution in [3.8, 4) is 5.75 Å². The number of rotatable bonds is 7. The van der Waals surface area contributed by atoms with E-state index in [1.807, 2.05) is 0 Å². The number of nitrogens with two attached hydrogens (primary N) is 1. The maximum atomic E-state index is 11.4. The molecule has 104 valence electrons.